The van der Waals surface area contributed by atoms with Crippen molar-refractivity contribution < 1.29 is 14.3 Å². The lowest BCUT2D eigenvalue weighted by atomic mass is 9.92. The molecule has 1 atom stereocenters. The quantitative estimate of drug-likeness (QED) is 0.628. The highest BCUT2D eigenvalue weighted by molar-refractivity contribution is 8.16. The average Bonchev–Trinajstić information content (AvgIpc) is 3.46. The minimum absolute atomic E-state index is 0.00784. The Kier molecular flexibility index (Phi) is 6.23. The molecule has 0 bridgehead atoms. The van der Waals surface area contributed by atoms with Crippen molar-refractivity contribution in [1.82, 2.24) is 10.2 Å². The molecule has 2 heterocycles. The van der Waals surface area contributed by atoms with Crippen molar-refractivity contribution >= 4 is 28.8 Å². The van der Waals surface area contributed by atoms with Gasteiger partial charge in [0.1, 0.15) is 0 Å². The maximum absolute atomic E-state index is 13.0. The number of amides is 1. The molecule has 3 aliphatic rings. The summed E-state index contributed by atoms with van der Waals surface area (Å²) in [6.45, 7) is 8.27. The Morgan fingerprint density at radius 1 is 1.26 bits per heavy atom. The second-order valence-corrected chi connectivity index (χ2v) is 9.29. The van der Waals surface area contributed by atoms with Crippen LogP contribution in [0.1, 0.15) is 70.0 Å². The lowest BCUT2D eigenvalue weighted by molar-refractivity contribution is -0.139. The molecule has 6 nitrogen and oxygen atoms in total. The van der Waals surface area contributed by atoms with Crippen LogP contribution in [-0.2, 0) is 14.3 Å². The van der Waals surface area contributed by atoms with Crippen molar-refractivity contribution in [2.75, 3.05) is 6.61 Å². The Hall–Kier alpha value is -2.54. The highest BCUT2D eigenvalue weighted by Crippen LogP contribution is 2.45. The minimum Gasteiger partial charge on any atom is -0.463 e. The second-order valence-electron chi connectivity index (χ2n) is 8.45. The summed E-state index contributed by atoms with van der Waals surface area (Å²) in [5.41, 5.74) is 4.26. The van der Waals surface area contributed by atoms with Crippen molar-refractivity contribution in [2.45, 2.75) is 65.0 Å². The Balaban J connectivity index is 1.70. The molecule has 1 N–H and O–H groups in total. The number of carbonyl (C=O) groups is 2. The van der Waals surface area contributed by atoms with Gasteiger partial charge in [-0.3, -0.25) is 4.79 Å². The van der Waals surface area contributed by atoms with Crippen molar-refractivity contribution in [3.8, 4) is 0 Å². The normalized spacial score (nSPS) is 20.4. The first kappa shape index (κ1) is 21.7. The molecule has 1 aromatic rings. The van der Waals surface area contributed by atoms with Gasteiger partial charge in [-0.2, -0.15) is 0 Å². The van der Waals surface area contributed by atoms with Crippen LogP contribution in [0.4, 0.5) is 0 Å². The average molecular weight is 440 g/mol. The third-order valence-electron chi connectivity index (χ3n) is 5.70. The molecule has 0 saturated heterocycles. The third kappa shape index (κ3) is 4.56. The predicted octanol–water partition coefficient (Wildman–Crippen LogP) is 4.62. The van der Waals surface area contributed by atoms with E-state index in [2.05, 4.69) is 48.4 Å². The maximum atomic E-state index is 13.0. The van der Waals surface area contributed by atoms with Gasteiger partial charge in [-0.25, -0.2) is 9.79 Å². The number of nitrogens with one attached hydrogen (secondary N) is 1. The molecular formula is C24H29N3O3S. The van der Waals surface area contributed by atoms with Crippen molar-refractivity contribution in [1.29, 1.82) is 0 Å². The van der Waals surface area contributed by atoms with Crippen LogP contribution in [0, 0.1) is 0 Å². The van der Waals surface area contributed by atoms with Crippen molar-refractivity contribution in [3.63, 3.8) is 0 Å². The van der Waals surface area contributed by atoms with Gasteiger partial charge in [-0.1, -0.05) is 49.9 Å². The predicted molar refractivity (Wildman–Crippen MR) is 123 cm³/mol. The van der Waals surface area contributed by atoms with Crippen LogP contribution in [-0.4, -0.2) is 34.6 Å². The van der Waals surface area contributed by atoms with Crippen LogP contribution < -0.4 is 5.32 Å². The Labute approximate surface area is 187 Å². The molecular weight excluding hydrogens is 410 g/mol. The smallest absolute Gasteiger partial charge is 0.338 e. The topological polar surface area (TPSA) is 71.0 Å². The van der Waals surface area contributed by atoms with Gasteiger partial charge in [0.25, 0.3) is 0 Å². The van der Waals surface area contributed by atoms with Crippen LogP contribution >= 0.6 is 11.8 Å². The number of fused-ring (bicyclic) bond motifs is 1. The number of aliphatic imine (C=N–C) groups is 1. The molecule has 164 valence electrons. The van der Waals surface area contributed by atoms with Crippen LogP contribution in [0.15, 0.2) is 51.6 Å². The SMILES string of the molecule is CCOC(=O)C1=C(C)N=C2SC=C(CC(=O)NC3CC3)N2C1c1ccc(C(C)C)cc1. The van der Waals surface area contributed by atoms with Crippen LogP contribution in [0.3, 0.4) is 0 Å². The van der Waals surface area contributed by atoms with E-state index in [0.29, 0.717) is 29.8 Å². The summed E-state index contributed by atoms with van der Waals surface area (Å²) in [4.78, 5) is 32.2. The van der Waals surface area contributed by atoms with Gasteiger partial charge < -0.3 is 15.0 Å². The zero-order valence-electron chi connectivity index (χ0n) is 18.5. The largest absolute Gasteiger partial charge is 0.463 e. The second kappa shape index (κ2) is 8.91. The maximum Gasteiger partial charge on any atom is 0.338 e. The van der Waals surface area contributed by atoms with Gasteiger partial charge in [0.15, 0.2) is 5.17 Å². The van der Waals surface area contributed by atoms with E-state index in [1.54, 1.807) is 6.92 Å². The zero-order valence-corrected chi connectivity index (χ0v) is 19.3. The molecule has 0 radical (unpaired) electrons. The molecule has 1 aliphatic carbocycles. The first-order valence-corrected chi connectivity index (χ1v) is 11.8. The van der Waals surface area contributed by atoms with Crippen LogP contribution in [0.2, 0.25) is 0 Å². The van der Waals surface area contributed by atoms with E-state index in [-0.39, 0.29) is 24.3 Å². The van der Waals surface area contributed by atoms with Gasteiger partial charge in [-0.15, -0.1) is 0 Å². The number of ether oxygens (including phenoxy) is 1. The number of amidine groups is 1. The molecule has 2 aliphatic heterocycles. The van der Waals surface area contributed by atoms with Gasteiger partial charge in [-0.05, 0) is 49.1 Å². The van der Waals surface area contributed by atoms with E-state index in [1.165, 1.54) is 17.3 Å². The molecule has 7 heteroatoms. The summed E-state index contributed by atoms with van der Waals surface area (Å²) in [6.07, 6.45) is 2.36. The fourth-order valence-electron chi connectivity index (χ4n) is 3.89. The number of rotatable bonds is 7. The van der Waals surface area contributed by atoms with E-state index in [9.17, 15) is 9.59 Å². The number of esters is 1. The van der Waals surface area contributed by atoms with Gasteiger partial charge in [0.2, 0.25) is 5.91 Å². The van der Waals surface area contributed by atoms with Gasteiger partial charge in [0.05, 0.1) is 30.3 Å². The zero-order chi connectivity index (χ0) is 22.1. The van der Waals surface area contributed by atoms with E-state index in [1.807, 2.05) is 17.2 Å². The molecule has 0 aromatic heterocycles. The summed E-state index contributed by atoms with van der Waals surface area (Å²) in [6, 6.07) is 8.29. The number of nitrogens with zero attached hydrogens (tertiary/aromatic N) is 2. The molecule has 4 rings (SSSR count). The minimum atomic E-state index is -0.372. The molecule has 31 heavy (non-hydrogen) atoms. The summed E-state index contributed by atoms with van der Waals surface area (Å²) >= 11 is 1.50. The molecule has 1 saturated carbocycles. The van der Waals surface area contributed by atoms with E-state index < -0.39 is 0 Å². The fraction of sp³-hybridized carbons (Fsp3) is 0.458. The standard InChI is InChI=1S/C24H29N3O3S/c1-5-30-23(29)21-15(4)25-24-27(19(13-31-24)12-20(28)26-18-10-11-18)22(21)17-8-6-16(7-9-17)14(2)3/h6-9,13-14,18,22H,5,10-12H2,1-4H3,(H,26,28). The molecule has 0 spiro atoms. The van der Waals surface area contributed by atoms with Crippen LogP contribution in [0.5, 0.6) is 0 Å². The molecule has 1 unspecified atom stereocenters. The summed E-state index contributed by atoms with van der Waals surface area (Å²) in [5, 5.41) is 5.82. The first-order chi connectivity index (χ1) is 14.9. The van der Waals surface area contributed by atoms with E-state index in [4.69, 9.17) is 4.74 Å². The summed E-state index contributed by atoms with van der Waals surface area (Å²) in [5.74, 6) is 0.0659. The lowest BCUT2D eigenvalue weighted by Crippen LogP contribution is -2.38. The fourth-order valence-corrected chi connectivity index (χ4v) is 4.85. The monoisotopic (exact) mass is 439 g/mol. The number of thioether (sulfide) groups is 1. The Morgan fingerprint density at radius 2 is 1.97 bits per heavy atom. The molecule has 1 aromatic carbocycles. The number of allylic oxidation sites excluding steroid dienone is 1. The Bertz CT molecular complexity index is 974. The number of hydrogen-bond donors (Lipinski definition) is 1. The van der Waals surface area contributed by atoms with Gasteiger partial charge >= 0.3 is 5.97 Å². The van der Waals surface area contributed by atoms with Crippen molar-refractivity contribution in [3.05, 3.63) is 57.8 Å². The first-order valence-electron chi connectivity index (χ1n) is 10.9. The number of carbonyl (C=O) groups excluding carboxylic acids is 2. The van der Waals surface area contributed by atoms with Gasteiger partial charge in [0, 0.05) is 11.7 Å². The van der Waals surface area contributed by atoms with E-state index in [0.717, 1.165) is 29.3 Å². The number of benzene rings is 1. The third-order valence-corrected chi connectivity index (χ3v) is 6.59. The highest BCUT2D eigenvalue weighted by atomic mass is 32.2. The lowest BCUT2D eigenvalue weighted by Gasteiger charge is -2.36. The Morgan fingerprint density at radius 3 is 2.58 bits per heavy atom. The summed E-state index contributed by atoms with van der Waals surface area (Å²) < 4.78 is 5.39. The van der Waals surface area contributed by atoms with Crippen LogP contribution in [0.25, 0.3) is 0 Å². The number of hydrogen-bond acceptors (Lipinski definition) is 6. The van der Waals surface area contributed by atoms with E-state index >= 15 is 0 Å². The summed E-state index contributed by atoms with van der Waals surface area (Å²) in [7, 11) is 0. The molecule has 1 amide bonds. The highest BCUT2D eigenvalue weighted by Gasteiger charge is 2.41. The molecule has 1 fully saturated rings. The van der Waals surface area contributed by atoms with Crippen molar-refractivity contribution in [2.24, 2.45) is 4.99 Å².